The van der Waals surface area contributed by atoms with Crippen molar-refractivity contribution in [1.29, 1.82) is 0 Å². The number of fused-ring (bicyclic) bond motifs is 2. The van der Waals surface area contributed by atoms with Crippen LogP contribution in [0.4, 0.5) is 5.13 Å². The van der Waals surface area contributed by atoms with Crippen LogP contribution in [0.2, 0.25) is 5.15 Å². The lowest BCUT2D eigenvalue weighted by Gasteiger charge is -2.17. The molecule has 0 atom stereocenters. The number of amides is 1. The number of thiazole rings is 1. The van der Waals surface area contributed by atoms with Crippen LogP contribution in [0.15, 0.2) is 42.5 Å². The SMILES string of the molecule is Cc1nn(Cc2ccccc2)c(Cl)c1C(=O)Nc1nc2cc3c(cc2s1)OCCO3. The molecule has 0 aliphatic carbocycles. The number of halogens is 1. The number of carbonyl (C=O) groups is 1. The number of hydrogen-bond donors (Lipinski definition) is 1. The number of ether oxygens (including phenoxy) is 2. The minimum atomic E-state index is -0.340. The first kappa shape index (κ1) is 18.9. The molecule has 0 radical (unpaired) electrons. The smallest absolute Gasteiger partial charge is 0.262 e. The van der Waals surface area contributed by atoms with E-state index in [0.717, 1.165) is 15.8 Å². The van der Waals surface area contributed by atoms with E-state index in [1.165, 1.54) is 11.3 Å². The van der Waals surface area contributed by atoms with Crippen molar-refractivity contribution in [2.45, 2.75) is 13.5 Å². The van der Waals surface area contributed by atoms with Gasteiger partial charge in [0.15, 0.2) is 16.6 Å². The molecule has 0 spiro atoms. The third kappa shape index (κ3) is 3.48. The van der Waals surface area contributed by atoms with Crippen LogP contribution in [0.1, 0.15) is 21.6 Å². The summed E-state index contributed by atoms with van der Waals surface area (Å²) < 4.78 is 13.7. The monoisotopic (exact) mass is 440 g/mol. The number of aromatic nitrogens is 3. The molecule has 3 heterocycles. The van der Waals surface area contributed by atoms with Crippen LogP contribution in [0.25, 0.3) is 10.2 Å². The third-order valence-electron chi connectivity index (χ3n) is 4.74. The van der Waals surface area contributed by atoms with Crippen LogP contribution < -0.4 is 14.8 Å². The Morgan fingerprint density at radius 2 is 1.93 bits per heavy atom. The molecule has 2 aromatic heterocycles. The van der Waals surface area contributed by atoms with Crippen molar-refractivity contribution in [2.24, 2.45) is 0 Å². The second-order valence-electron chi connectivity index (χ2n) is 6.83. The molecule has 1 aliphatic rings. The van der Waals surface area contributed by atoms with Gasteiger partial charge < -0.3 is 9.47 Å². The van der Waals surface area contributed by atoms with Crippen LogP contribution in [-0.2, 0) is 6.54 Å². The van der Waals surface area contributed by atoms with Crippen molar-refractivity contribution in [1.82, 2.24) is 14.8 Å². The number of anilines is 1. The Balaban J connectivity index is 1.40. The molecule has 0 saturated heterocycles. The first-order valence-corrected chi connectivity index (χ1v) is 10.6. The number of rotatable bonds is 4. The van der Waals surface area contributed by atoms with E-state index < -0.39 is 0 Å². The summed E-state index contributed by atoms with van der Waals surface area (Å²) in [6.07, 6.45) is 0. The average Bonchev–Trinajstić information content (AvgIpc) is 3.25. The van der Waals surface area contributed by atoms with Crippen molar-refractivity contribution >= 4 is 44.2 Å². The number of nitrogens with one attached hydrogen (secondary N) is 1. The van der Waals surface area contributed by atoms with E-state index in [-0.39, 0.29) is 5.91 Å². The molecule has 9 heteroatoms. The Labute approximate surface area is 181 Å². The maximum absolute atomic E-state index is 12.9. The zero-order chi connectivity index (χ0) is 20.7. The molecule has 1 amide bonds. The average molecular weight is 441 g/mol. The third-order valence-corrected chi connectivity index (χ3v) is 6.06. The van der Waals surface area contributed by atoms with E-state index >= 15 is 0 Å². The topological polar surface area (TPSA) is 78.3 Å². The molecule has 2 aromatic carbocycles. The highest BCUT2D eigenvalue weighted by atomic mass is 35.5. The second kappa shape index (κ2) is 7.62. The predicted octanol–water partition coefficient (Wildman–Crippen LogP) is 4.53. The summed E-state index contributed by atoms with van der Waals surface area (Å²) in [6, 6.07) is 13.5. The van der Waals surface area contributed by atoms with Gasteiger partial charge in [-0.05, 0) is 12.5 Å². The molecular weight excluding hydrogens is 424 g/mol. The van der Waals surface area contributed by atoms with Gasteiger partial charge in [0.1, 0.15) is 18.4 Å². The van der Waals surface area contributed by atoms with Gasteiger partial charge in [0.2, 0.25) is 0 Å². The minimum absolute atomic E-state index is 0.298. The van der Waals surface area contributed by atoms with E-state index in [0.29, 0.717) is 52.8 Å². The predicted molar refractivity (Wildman–Crippen MR) is 116 cm³/mol. The van der Waals surface area contributed by atoms with Crippen LogP contribution in [-0.4, -0.2) is 33.9 Å². The van der Waals surface area contributed by atoms with E-state index in [2.05, 4.69) is 15.4 Å². The molecule has 4 aromatic rings. The first-order valence-electron chi connectivity index (χ1n) is 9.37. The van der Waals surface area contributed by atoms with Crippen molar-refractivity contribution in [2.75, 3.05) is 18.5 Å². The van der Waals surface area contributed by atoms with Gasteiger partial charge in [-0.2, -0.15) is 5.10 Å². The lowest BCUT2D eigenvalue weighted by molar-refractivity contribution is 0.102. The highest BCUT2D eigenvalue weighted by Crippen LogP contribution is 2.38. The minimum Gasteiger partial charge on any atom is -0.486 e. The highest BCUT2D eigenvalue weighted by Gasteiger charge is 2.22. The molecule has 30 heavy (non-hydrogen) atoms. The largest absolute Gasteiger partial charge is 0.486 e. The fourth-order valence-electron chi connectivity index (χ4n) is 3.35. The number of carbonyl (C=O) groups excluding carboxylic acids is 1. The molecule has 0 unspecified atom stereocenters. The van der Waals surface area contributed by atoms with Gasteiger partial charge in [-0.25, -0.2) is 9.67 Å². The highest BCUT2D eigenvalue weighted by molar-refractivity contribution is 7.22. The van der Waals surface area contributed by atoms with E-state index in [9.17, 15) is 4.79 Å². The van der Waals surface area contributed by atoms with Crippen LogP contribution in [0.3, 0.4) is 0 Å². The van der Waals surface area contributed by atoms with Crippen molar-refractivity contribution in [3.05, 3.63) is 64.4 Å². The van der Waals surface area contributed by atoms with E-state index in [1.807, 2.05) is 42.5 Å². The number of hydrogen-bond acceptors (Lipinski definition) is 6. The molecule has 0 bridgehead atoms. The Morgan fingerprint density at radius 1 is 1.20 bits per heavy atom. The molecule has 0 fully saturated rings. The number of benzene rings is 2. The maximum atomic E-state index is 12.9. The standard InChI is InChI=1S/C21H17ClN4O3S/c1-12-18(19(22)26(25-12)11-13-5-3-2-4-6-13)20(27)24-21-23-14-9-15-16(10-17(14)30-21)29-8-7-28-15/h2-6,9-10H,7-8,11H2,1H3,(H,23,24,27). The summed E-state index contributed by atoms with van der Waals surface area (Å²) in [5.74, 6) is 1.02. The molecular formula is C21H17ClN4O3S. The Hall–Kier alpha value is -3.10. The van der Waals surface area contributed by atoms with Crippen molar-refractivity contribution in [3.8, 4) is 11.5 Å². The van der Waals surface area contributed by atoms with Crippen LogP contribution in [0, 0.1) is 6.92 Å². The summed E-state index contributed by atoms with van der Waals surface area (Å²) in [4.78, 5) is 17.4. The number of nitrogens with zero attached hydrogens (tertiary/aromatic N) is 3. The molecule has 152 valence electrons. The van der Waals surface area contributed by atoms with Gasteiger partial charge in [-0.15, -0.1) is 0 Å². The first-order chi connectivity index (χ1) is 14.6. The molecule has 0 saturated carbocycles. The van der Waals surface area contributed by atoms with Crippen LogP contribution >= 0.6 is 22.9 Å². The van der Waals surface area contributed by atoms with Crippen molar-refractivity contribution < 1.29 is 14.3 Å². The lowest BCUT2D eigenvalue weighted by atomic mass is 10.2. The van der Waals surface area contributed by atoms with Gasteiger partial charge in [0.05, 0.1) is 28.0 Å². The van der Waals surface area contributed by atoms with Gasteiger partial charge in [0, 0.05) is 12.1 Å². The zero-order valence-corrected chi connectivity index (χ0v) is 17.6. The molecule has 7 nitrogen and oxygen atoms in total. The quantitative estimate of drug-likeness (QED) is 0.504. The van der Waals surface area contributed by atoms with Gasteiger partial charge in [-0.1, -0.05) is 53.3 Å². The number of aryl methyl sites for hydroxylation is 1. The van der Waals surface area contributed by atoms with Gasteiger partial charge >= 0.3 is 0 Å². The second-order valence-corrected chi connectivity index (χ2v) is 8.22. The molecule has 1 N–H and O–H groups in total. The van der Waals surface area contributed by atoms with Crippen molar-refractivity contribution in [3.63, 3.8) is 0 Å². The normalized spacial score (nSPS) is 12.9. The summed E-state index contributed by atoms with van der Waals surface area (Å²) in [5.41, 5.74) is 2.69. The Kier molecular flexibility index (Phi) is 4.80. The molecule has 1 aliphatic heterocycles. The summed E-state index contributed by atoms with van der Waals surface area (Å²) in [7, 11) is 0. The Bertz CT molecular complexity index is 1210. The summed E-state index contributed by atoms with van der Waals surface area (Å²) in [6.45, 7) is 3.28. The lowest BCUT2D eigenvalue weighted by Crippen LogP contribution is -2.15. The fraction of sp³-hybridized carbons (Fsp3) is 0.190. The summed E-state index contributed by atoms with van der Waals surface area (Å²) >= 11 is 7.86. The van der Waals surface area contributed by atoms with E-state index in [4.69, 9.17) is 21.1 Å². The molecule has 5 rings (SSSR count). The Morgan fingerprint density at radius 3 is 2.70 bits per heavy atom. The van der Waals surface area contributed by atoms with Crippen LogP contribution in [0.5, 0.6) is 11.5 Å². The van der Waals surface area contributed by atoms with Gasteiger partial charge in [-0.3, -0.25) is 10.1 Å². The maximum Gasteiger partial charge on any atom is 0.262 e. The summed E-state index contributed by atoms with van der Waals surface area (Å²) in [5, 5.41) is 8.06. The fourth-order valence-corrected chi connectivity index (χ4v) is 4.54. The zero-order valence-electron chi connectivity index (χ0n) is 16.0. The van der Waals surface area contributed by atoms with E-state index in [1.54, 1.807) is 11.6 Å². The van der Waals surface area contributed by atoms with Gasteiger partial charge in [0.25, 0.3) is 5.91 Å².